The lowest BCUT2D eigenvalue weighted by molar-refractivity contribution is 0.144. The second-order valence-corrected chi connectivity index (χ2v) is 6.51. The predicted octanol–water partition coefficient (Wildman–Crippen LogP) is 4.10. The van der Waals surface area contributed by atoms with E-state index in [-0.39, 0.29) is 11.6 Å². The van der Waals surface area contributed by atoms with Gasteiger partial charge in [-0.25, -0.2) is 4.79 Å². The molecule has 0 saturated carbocycles. The number of ether oxygens (including phenoxy) is 1. The van der Waals surface area contributed by atoms with Crippen molar-refractivity contribution in [2.45, 2.75) is 26.3 Å². The quantitative estimate of drug-likeness (QED) is 0.644. The Bertz CT molecular complexity index is 1060. The third-order valence-electron chi connectivity index (χ3n) is 4.46. The maximum atomic E-state index is 12.8. The van der Waals surface area contributed by atoms with Gasteiger partial charge in [0.05, 0.1) is 10.9 Å². The lowest BCUT2D eigenvalue weighted by Crippen LogP contribution is -2.20. The molecule has 0 unspecified atom stereocenters. The van der Waals surface area contributed by atoms with Gasteiger partial charge in [0.2, 0.25) is 11.2 Å². The number of rotatable bonds is 5. The molecule has 0 amide bonds. The fourth-order valence-electron chi connectivity index (χ4n) is 3.15. The van der Waals surface area contributed by atoms with Gasteiger partial charge in [0.15, 0.2) is 5.82 Å². The molecule has 0 atom stereocenters. The summed E-state index contributed by atoms with van der Waals surface area (Å²) >= 11 is 6.45. The zero-order valence-electron chi connectivity index (χ0n) is 14.7. The number of hydrogen-bond acceptors (Lipinski definition) is 4. The topological polar surface area (TPSA) is 94.6 Å². The van der Waals surface area contributed by atoms with Crippen LogP contribution in [0.1, 0.15) is 18.1 Å². The van der Waals surface area contributed by atoms with E-state index in [1.165, 1.54) is 0 Å². The summed E-state index contributed by atoms with van der Waals surface area (Å²) in [4.78, 5) is 23.7. The Hall–Kier alpha value is -2.99. The van der Waals surface area contributed by atoms with Crippen molar-refractivity contribution in [2.24, 2.45) is 0 Å². The molecule has 0 aliphatic carbocycles. The molecule has 0 fully saturated rings. The Kier molecular flexibility index (Phi) is 5.37. The van der Waals surface area contributed by atoms with Crippen molar-refractivity contribution in [2.75, 3.05) is 5.73 Å². The van der Waals surface area contributed by atoms with Crippen LogP contribution in [0.2, 0.25) is 5.02 Å². The Morgan fingerprint density at radius 2 is 1.93 bits per heavy atom. The number of nitrogens with two attached hydrogens (primary N) is 1. The number of benzene rings is 2. The first-order chi connectivity index (χ1) is 12.9. The summed E-state index contributed by atoms with van der Waals surface area (Å²) in [5, 5.41) is 9.78. The summed E-state index contributed by atoms with van der Waals surface area (Å²) in [5.41, 5.74) is 7.91. The Labute approximate surface area is 160 Å². The highest BCUT2D eigenvalue weighted by Crippen LogP contribution is 2.29. The molecule has 0 spiro atoms. The van der Waals surface area contributed by atoms with Crippen LogP contribution in [-0.4, -0.2) is 15.8 Å². The summed E-state index contributed by atoms with van der Waals surface area (Å²) in [5.74, 6) is -0.418. The minimum absolute atomic E-state index is 0.0366. The van der Waals surface area contributed by atoms with Crippen molar-refractivity contribution in [1.82, 2.24) is 4.57 Å². The van der Waals surface area contributed by atoms with E-state index in [4.69, 9.17) is 22.4 Å². The van der Waals surface area contributed by atoms with Gasteiger partial charge in [0.25, 0.3) is 0 Å². The van der Waals surface area contributed by atoms with E-state index in [0.717, 1.165) is 17.5 Å². The Morgan fingerprint density at radius 3 is 2.56 bits per heavy atom. The van der Waals surface area contributed by atoms with Crippen molar-refractivity contribution >= 4 is 34.5 Å². The van der Waals surface area contributed by atoms with Gasteiger partial charge < -0.3 is 20.1 Å². The molecule has 0 bridgehead atoms. The van der Waals surface area contributed by atoms with E-state index in [0.29, 0.717) is 28.9 Å². The van der Waals surface area contributed by atoms with Crippen LogP contribution < -0.4 is 15.9 Å². The van der Waals surface area contributed by atoms with E-state index in [1.54, 1.807) is 16.7 Å². The minimum atomic E-state index is -1.58. The zero-order chi connectivity index (χ0) is 19.6. The molecule has 6 nitrogen and oxygen atoms in total. The molecular weight excluding hydrogens is 368 g/mol. The smallest absolute Gasteiger partial charge is 0.449 e. The standard InChI is InChI=1S/C20H19ClN2O4/c1-2-23-16-11-15(21)13(9-8-12-6-4-3-5-7-12)10-14(16)17(24)18(19(23)22)27-20(25)26/h3-7,10-11H,2,8-9,22H2,1H3,(H,25,26). The molecule has 0 saturated heterocycles. The summed E-state index contributed by atoms with van der Waals surface area (Å²) in [6.45, 7) is 2.26. The van der Waals surface area contributed by atoms with Gasteiger partial charge in [-0.3, -0.25) is 4.79 Å². The average molecular weight is 387 g/mol. The number of carboxylic acid groups (broad SMARTS) is 1. The third-order valence-corrected chi connectivity index (χ3v) is 4.81. The fourth-order valence-corrected chi connectivity index (χ4v) is 3.40. The van der Waals surface area contributed by atoms with E-state index in [9.17, 15) is 9.59 Å². The van der Waals surface area contributed by atoms with Crippen LogP contribution in [0, 0.1) is 0 Å². The second-order valence-electron chi connectivity index (χ2n) is 6.10. The molecule has 0 radical (unpaired) electrons. The first kappa shape index (κ1) is 18.8. The van der Waals surface area contributed by atoms with Crippen molar-refractivity contribution in [1.29, 1.82) is 0 Å². The maximum absolute atomic E-state index is 12.8. The molecule has 0 aliphatic heterocycles. The fraction of sp³-hybridized carbons (Fsp3) is 0.200. The van der Waals surface area contributed by atoms with E-state index in [2.05, 4.69) is 4.74 Å². The van der Waals surface area contributed by atoms with Gasteiger partial charge in [0, 0.05) is 11.6 Å². The second kappa shape index (κ2) is 7.72. The third kappa shape index (κ3) is 3.75. The molecule has 2 aromatic carbocycles. The highest BCUT2D eigenvalue weighted by molar-refractivity contribution is 6.32. The maximum Gasteiger partial charge on any atom is 0.511 e. The first-order valence-electron chi connectivity index (χ1n) is 8.51. The van der Waals surface area contributed by atoms with E-state index in [1.807, 2.05) is 37.3 Å². The monoisotopic (exact) mass is 386 g/mol. The number of aryl methyl sites for hydroxylation is 3. The lowest BCUT2D eigenvalue weighted by Gasteiger charge is -2.16. The summed E-state index contributed by atoms with van der Waals surface area (Å²) < 4.78 is 6.26. The number of aromatic nitrogens is 1. The van der Waals surface area contributed by atoms with Crippen molar-refractivity contribution in [3.05, 3.63) is 68.8 Å². The van der Waals surface area contributed by atoms with Crippen LogP contribution >= 0.6 is 11.6 Å². The van der Waals surface area contributed by atoms with Crippen LogP contribution in [0.25, 0.3) is 10.9 Å². The molecule has 7 heteroatoms. The van der Waals surface area contributed by atoms with Gasteiger partial charge in [-0.15, -0.1) is 0 Å². The van der Waals surface area contributed by atoms with Crippen molar-refractivity contribution in [3.63, 3.8) is 0 Å². The van der Waals surface area contributed by atoms with Gasteiger partial charge in [-0.2, -0.15) is 0 Å². The van der Waals surface area contributed by atoms with Gasteiger partial charge in [-0.1, -0.05) is 41.9 Å². The highest BCUT2D eigenvalue weighted by Gasteiger charge is 2.19. The van der Waals surface area contributed by atoms with Crippen LogP contribution in [0.5, 0.6) is 5.75 Å². The van der Waals surface area contributed by atoms with Crippen LogP contribution in [-0.2, 0) is 19.4 Å². The number of nitrogens with zero attached hydrogens (tertiary/aromatic N) is 1. The highest BCUT2D eigenvalue weighted by atomic mass is 35.5. The molecule has 3 aromatic rings. The van der Waals surface area contributed by atoms with E-state index >= 15 is 0 Å². The molecule has 140 valence electrons. The normalized spacial score (nSPS) is 10.9. The predicted molar refractivity (Wildman–Crippen MR) is 106 cm³/mol. The largest absolute Gasteiger partial charge is 0.511 e. The molecule has 3 N–H and O–H groups in total. The molecular formula is C20H19ClN2O4. The summed E-state index contributed by atoms with van der Waals surface area (Å²) in [6, 6.07) is 13.3. The number of nitrogen functional groups attached to an aromatic ring is 1. The molecule has 1 aromatic heterocycles. The number of pyridine rings is 1. The van der Waals surface area contributed by atoms with Crippen LogP contribution in [0.15, 0.2) is 47.3 Å². The number of fused-ring (bicyclic) bond motifs is 1. The number of hydrogen-bond donors (Lipinski definition) is 2. The summed E-state index contributed by atoms with van der Waals surface area (Å²) in [7, 11) is 0. The first-order valence-corrected chi connectivity index (χ1v) is 8.89. The Morgan fingerprint density at radius 1 is 1.22 bits per heavy atom. The summed E-state index contributed by atoms with van der Waals surface area (Å²) in [6.07, 6.45) is -0.176. The zero-order valence-corrected chi connectivity index (χ0v) is 15.5. The average Bonchev–Trinajstić information content (AvgIpc) is 2.65. The van der Waals surface area contributed by atoms with Gasteiger partial charge in [0.1, 0.15) is 0 Å². The van der Waals surface area contributed by atoms with Crippen LogP contribution in [0.3, 0.4) is 0 Å². The lowest BCUT2D eigenvalue weighted by atomic mass is 10.0. The van der Waals surface area contributed by atoms with Gasteiger partial charge in [-0.05, 0) is 43.0 Å². The van der Waals surface area contributed by atoms with Gasteiger partial charge >= 0.3 is 6.16 Å². The molecule has 3 rings (SSSR count). The molecule has 27 heavy (non-hydrogen) atoms. The number of anilines is 1. The number of halogens is 1. The molecule has 1 heterocycles. The molecule has 0 aliphatic rings. The van der Waals surface area contributed by atoms with Crippen molar-refractivity contribution in [3.8, 4) is 5.75 Å². The minimum Gasteiger partial charge on any atom is -0.449 e. The SMILES string of the molecule is CCn1c(N)c(OC(=O)O)c(=O)c2cc(CCc3ccccc3)c(Cl)cc21. The van der Waals surface area contributed by atoms with Crippen molar-refractivity contribution < 1.29 is 14.6 Å². The Balaban J connectivity index is 2.11. The van der Waals surface area contributed by atoms with E-state index < -0.39 is 11.6 Å². The number of carbonyl (C=O) groups is 1. The van der Waals surface area contributed by atoms with Crippen LogP contribution in [0.4, 0.5) is 10.6 Å².